The first-order chi connectivity index (χ1) is 12.9. The molecule has 0 saturated heterocycles. The Bertz CT molecular complexity index is 1170. The minimum atomic E-state index is -0.575. The third-order valence-electron chi connectivity index (χ3n) is 3.72. The molecule has 0 spiro atoms. The average molecular weight is 442 g/mol. The van der Waals surface area contributed by atoms with Crippen molar-refractivity contribution in [2.75, 3.05) is 5.32 Å². The molecule has 0 bridgehead atoms. The van der Waals surface area contributed by atoms with Crippen molar-refractivity contribution in [1.82, 2.24) is 14.6 Å². The number of hydrogen-bond acceptors (Lipinski definition) is 4. The number of halogens is 4. The molecule has 0 aliphatic heterocycles. The lowest BCUT2D eigenvalue weighted by Crippen LogP contribution is -2.14. The van der Waals surface area contributed by atoms with Crippen LogP contribution in [0.4, 0.5) is 10.3 Å². The van der Waals surface area contributed by atoms with Crippen LogP contribution in [0, 0.1) is 5.82 Å². The van der Waals surface area contributed by atoms with E-state index in [0.29, 0.717) is 4.96 Å². The van der Waals surface area contributed by atoms with Crippen molar-refractivity contribution in [2.24, 2.45) is 0 Å². The SMILES string of the molecule is O=C(Nc1nc2scc(-c3ccc(F)cc3)n2n1)c1c(Cl)ccc(Cl)c1Cl. The van der Waals surface area contributed by atoms with Crippen molar-refractivity contribution in [3.05, 3.63) is 68.2 Å². The van der Waals surface area contributed by atoms with Gasteiger partial charge in [0.25, 0.3) is 11.9 Å². The van der Waals surface area contributed by atoms with E-state index >= 15 is 0 Å². The molecule has 10 heteroatoms. The lowest BCUT2D eigenvalue weighted by Gasteiger charge is -2.07. The average Bonchev–Trinajstić information content (AvgIpc) is 3.19. The Morgan fingerprint density at radius 2 is 1.78 bits per heavy atom. The summed E-state index contributed by atoms with van der Waals surface area (Å²) in [6.45, 7) is 0. The number of anilines is 1. The number of aromatic nitrogens is 3. The van der Waals surface area contributed by atoms with Gasteiger partial charge in [0, 0.05) is 10.9 Å². The summed E-state index contributed by atoms with van der Waals surface area (Å²) in [5, 5.41) is 9.13. The van der Waals surface area contributed by atoms with E-state index in [9.17, 15) is 9.18 Å². The number of carbonyl (C=O) groups is 1. The highest BCUT2D eigenvalue weighted by Gasteiger charge is 2.20. The second kappa shape index (κ2) is 7.09. The first-order valence-electron chi connectivity index (χ1n) is 7.49. The van der Waals surface area contributed by atoms with Gasteiger partial charge >= 0.3 is 0 Å². The standard InChI is InChI=1S/C17H8Cl3FN4OS/c18-10-5-6-11(19)14(20)13(10)15(26)22-16-23-17-25(24-16)12(7-27-17)8-1-3-9(21)4-2-8/h1-7H,(H,22,24,26). The van der Waals surface area contributed by atoms with Gasteiger partial charge in [-0.25, -0.2) is 8.91 Å². The summed E-state index contributed by atoms with van der Waals surface area (Å²) in [5.74, 6) is -0.816. The highest BCUT2D eigenvalue weighted by atomic mass is 35.5. The molecule has 1 N–H and O–H groups in total. The first-order valence-corrected chi connectivity index (χ1v) is 9.50. The summed E-state index contributed by atoms with van der Waals surface area (Å²) >= 11 is 19.4. The van der Waals surface area contributed by atoms with Gasteiger partial charge in [0.2, 0.25) is 4.96 Å². The predicted molar refractivity (Wildman–Crippen MR) is 106 cm³/mol. The van der Waals surface area contributed by atoms with Crippen LogP contribution in [0.15, 0.2) is 41.8 Å². The number of thiazole rings is 1. The fraction of sp³-hybridized carbons (Fsp3) is 0. The number of fused-ring (bicyclic) bond motifs is 1. The van der Waals surface area contributed by atoms with Crippen LogP contribution in [0.2, 0.25) is 15.1 Å². The quantitative estimate of drug-likeness (QED) is 0.408. The van der Waals surface area contributed by atoms with Gasteiger partial charge in [-0.3, -0.25) is 10.1 Å². The molecule has 0 aliphatic carbocycles. The molecule has 136 valence electrons. The maximum absolute atomic E-state index is 13.1. The van der Waals surface area contributed by atoms with Gasteiger partial charge in [-0.05, 0) is 36.4 Å². The van der Waals surface area contributed by atoms with Gasteiger partial charge < -0.3 is 0 Å². The molecule has 0 atom stereocenters. The summed E-state index contributed by atoms with van der Waals surface area (Å²) < 4.78 is 14.7. The number of hydrogen-bond donors (Lipinski definition) is 1. The van der Waals surface area contributed by atoms with Crippen LogP contribution >= 0.6 is 46.1 Å². The molecular weight excluding hydrogens is 434 g/mol. The van der Waals surface area contributed by atoms with Crippen LogP contribution in [-0.4, -0.2) is 20.5 Å². The van der Waals surface area contributed by atoms with Gasteiger partial charge in [-0.15, -0.1) is 16.4 Å². The van der Waals surface area contributed by atoms with Crippen molar-refractivity contribution in [2.45, 2.75) is 0 Å². The third-order valence-corrected chi connectivity index (χ3v) is 5.65. The number of nitrogens with zero attached hydrogens (tertiary/aromatic N) is 3. The Kier molecular flexibility index (Phi) is 4.77. The van der Waals surface area contributed by atoms with E-state index < -0.39 is 5.91 Å². The van der Waals surface area contributed by atoms with E-state index in [4.69, 9.17) is 34.8 Å². The highest BCUT2D eigenvalue weighted by Crippen LogP contribution is 2.32. The van der Waals surface area contributed by atoms with E-state index in [2.05, 4.69) is 15.4 Å². The Balaban J connectivity index is 1.67. The van der Waals surface area contributed by atoms with Crippen molar-refractivity contribution in [1.29, 1.82) is 0 Å². The fourth-order valence-corrected chi connectivity index (χ4v) is 3.98. The molecule has 2 heterocycles. The maximum Gasteiger partial charge on any atom is 0.261 e. The van der Waals surface area contributed by atoms with Crippen LogP contribution < -0.4 is 5.32 Å². The monoisotopic (exact) mass is 440 g/mol. The number of rotatable bonds is 3. The Morgan fingerprint density at radius 1 is 1.07 bits per heavy atom. The molecule has 0 aliphatic rings. The van der Waals surface area contributed by atoms with Crippen molar-refractivity contribution >= 4 is 63.0 Å². The van der Waals surface area contributed by atoms with Crippen LogP contribution in [0.1, 0.15) is 10.4 Å². The zero-order valence-electron chi connectivity index (χ0n) is 13.2. The third kappa shape index (κ3) is 3.39. The number of benzene rings is 2. The van der Waals surface area contributed by atoms with E-state index in [0.717, 1.165) is 11.3 Å². The molecule has 2 aromatic heterocycles. The smallest absolute Gasteiger partial charge is 0.261 e. The van der Waals surface area contributed by atoms with Crippen LogP contribution in [0.3, 0.4) is 0 Å². The Hall–Kier alpha value is -2.19. The molecule has 1 amide bonds. The highest BCUT2D eigenvalue weighted by molar-refractivity contribution is 7.15. The second-order valence-electron chi connectivity index (χ2n) is 5.43. The fourth-order valence-electron chi connectivity index (χ4n) is 2.45. The molecule has 0 radical (unpaired) electrons. The first kappa shape index (κ1) is 18.2. The van der Waals surface area contributed by atoms with Gasteiger partial charge in [0.15, 0.2) is 0 Å². The molecule has 0 fully saturated rings. The van der Waals surface area contributed by atoms with Crippen molar-refractivity contribution in [3.8, 4) is 11.3 Å². The summed E-state index contributed by atoms with van der Waals surface area (Å²) in [5.41, 5.74) is 1.54. The summed E-state index contributed by atoms with van der Waals surface area (Å²) in [4.78, 5) is 17.4. The van der Waals surface area contributed by atoms with E-state index in [1.807, 2.05) is 5.38 Å². The van der Waals surface area contributed by atoms with Gasteiger partial charge in [0.1, 0.15) is 5.82 Å². The Labute approximate surface area is 171 Å². The molecule has 0 unspecified atom stereocenters. The molecule has 0 saturated carbocycles. The van der Waals surface area contributed by atoms with Gasteiger partial charge in [-0.2, -0.15) is 4.98 Å². The molecule has 5 nitrogen and oxygen atoms in total. The number of carbonyl (C=O) groups excluding carboxylic acids is 1. The van der Waals surface area contributed by atoms with Crippen LogP contribution in [0.5, 0.6) is 0 Å². The summed E-state index contributed by atoms with van der Waals surface area (Å²) in [6.07, 6.45) is 0. The van der Waals surface area contributed by atoms with Crippen LogP contribution in [-0.2, 0) is 0 Å². The minimum Gasteiger partial charge on any atom is -0.289 e. The van der Waals surface area contributed by atoms with E-state index in [1.165, 1.54) is 35.6 Å². The number of nitrogens with one attached hydrogen (secondary N) is 1. The van der Waals surface area contributed by atoms with Crippen LogP contribution in [0.25, 0.3) is 16.2 Å². The lowest BCUT2D eigenvalue weighted by molar-refractivity contribution is 0.102. The van der Waals surface area contributed by atoms with Crippen molar-refractivity contribution in [3.63, 3.8) is 0 Å². The topological polar surface area (TPSA) is 59.3 Å². The molecular formula is C17H8Cl3FN4OS. The lowest BCUT2D eigenvalue weighted by atomic mass is 10.2. The molecule has 4 rings (SSSR count). The second-order valence-corrected chi connectivity index (χ2v) is 7.46. The van der Waals surface area contributed by atoms with Gasteiger partial charge in [-0.1, -0.05) is 34.8 Å². The largest absolute Gasteiger partial charge is 0.289 e. The molecule has 4 aromatic rings. The summed E-state index contributed by atoms with van der Waals surface area (Å²) in [6, 6.07) is 8.99. The molecule has 27 heavy (non-hydrogen) atoms. The maximum atomic E-state index is 13.1. The number of amides is 1. The van der Waals surface area contributed by atoms with E-state index in [-0.39, 0.29) is 32.4 Å². The Morgan fingerprint density at radius 3 is 2.52 bits per heavy atom. The predicted octanol–water partition coefficient (Wildman–Crippen LogP) is 5.81. The zero-order valence-corrected chi connectivity index (χ0v) is 16.3. The summed E-state index contributed by atoms with van der Waals surface area (Å²) in [7, 11) is 0. The minimum absolute atomic E-state index is 0.0442. The van der Waals surface area contributed by atoms with E-state index in [1.54, 1.807) is 16.6 Å². The van der Waals surface area contributed by atoms with Crippen molar-refractivity contribution < 1.29 is 9.18 Å². The van der Waals surface area contributed by atoms with Gasteiger partial charge in [0.05, 0.1) is 26.3 Å². The normalized spacial score (nSPS) is 11.1. The molecule has 2 aromatic carbocycles. The zero-order chi connectivity index (χ0) is 19.1.